The van der Waals surface area contributed by atoms with Crippen LogP contribution in [0, 0.1) is 0 Å². The van der Waals surface area contributed by atoms with Gasteiger partial charge >= 0.3 is 11.6 Å². The SMILES string of the molecule is NCC(=O)NCCCC(=O)Nc1ccn([C@@H]2O[C@H](CO)[C@@H](O)C2(F)F)c(=O)n1. The van der Waals surface area contributed by atoms with Gasteiger partial charge in [0, 0.05) is 19.2 Å². The number of rotatable bonds is 8. The highest BCUT2D eigenvalue weighted by Gasteiger charge is 2.59. The van der Waals surface area contributed by atoms with Gasteiger partial charge in [-0.3, -0.25) is 14.2 Å². The highest BCUT2D eigenvalue weighted by molar-refractivity contribution is 5.89. The van der Waals surface area contributed by atoms with Crippen molar-refractivity contribution in [3.05, 3.63) is 22.7 Å². The molecular formula is C15H21F2N5O6. The fourth-order valence-corrected chi connectivity index (χ4v) is 2.53. The third-order valence-corrected chi connectivity index (χ3v) is 4.00. The third-order valence-electron chi connectivity index (χ3n) is 4.00. The summed E-state index contributed by atoms with van der Waals surface area (Å²) in [6.07, 6.45) is -4.70. The molecule has 0 bridgehead atoms. The topological polar surface area (TPSA) is 169 Å². The van der Waals surface area contributed by atoms with E-state index in [1.165, 1.54) is 0 Å². The second kappa shape index (κ2) is 9.14. The fourth-order valence-electron chi connectivity index (χ4n) is 2.53. The number of halogens is 2. The first kappa shape index (κ1) is 21.8. The molecule has 0 aromatic carbocycles. The lowest BCUT2D eigenvalue weighted by molar-refractivity contribution is -0.141. The lowest BCUT2D eigenvalue weighted by atomic mass is 10.1. The zero-order valence-corrected chi connectivity index (χ0v) is 14.7. The van der Waals surface area contributed by atoms with Crippen LogP contribution in [0.1, 0.15) is 19.1 Å². The first-order chi connectivity index (χ1) is 13.2. The Hall–Kier alpha value is -2.48. The van der Waals surface area contributed by atoms with Crippen LogP contribution in [-0.4, -0.2) is 69.4 Å². The largest absolute Gasteiger partial charge is 0.394 e. The molecule has 156 valence electrons. The average molecular weight is 405 g/mol. The van der Waals surface area contributed by atoms with E-state index in [0.717, 1.165) is 12.3 Å². The van der Waals surface area contributed by atoms with Crippen LogP contribution in [0.15, 0.2) is 17.1 Å². The van der Waals surface area contributed by atoms with Crippen LogP contribution < -0.4 is 22.1 Å². The van der Waals surface area contributed by atoms with Crippen molar-refractivity contribution in [1.29, 1.82) is 0 Å². The van der Waals surface area contributed by atoms with Gasteiger partial charge in [0.1, 0.15) is 11.9 Å². The number of ether oxygens (including phenoxy) is 1. The summed E-state index contributed by atoms with van der Waals surface area (Å²) < 4.78 is 33.5. The Morgan fingerprint density at radius 1 is 1.39 bits per heavy atom. The first-order valence-electron chi connectivity index (χ1n) is 8.38. The Kier molecular flexibility index (Phi) is 7.12. The Labute approximate surface area is 157 Å². The van der Waals surface area contributed by atoms with Crippen LogP contribution >= 0.6 is 0 Å². The molecule has 0 spiro atoms. The lowest BCUT2D eigenvalue weighted by Crippen LogP contribution is -2.41. The molecule has 0 unspecified atom stereocenters. The van der Waals surface area contributed by atoms with E-state index >= 15 is 0 Å². The van der Waals surface area contributed by atoms with Crippen molar-refractivity contribution in [1.82, 2.24) is 14.9 Å². The molecule has 1 aliphatic heterocycles. The van der Waals surface area contributed by atoms with Gasteiger partial charge in [-0.1, -0.05) is 0 Å². The van der Waals surface area contributed by atoms with Gasteiger partial charge in [-0.15, -0.1) is 0 Å². The minimum absolute atomic E-state index is 0.0177. The Morgan fingerprint density at radius 3 is 2.68 bits per heavy atom. The first-order valence-corrected chi connectivity index (χ1v) is 8.38. The van der Waals surface area contributed by atoms with Crippen LogP contribution in [-0.2, 0) is 14.3 Å². The van der Waals surface area contributed by atoms with Crippen LogP contribution in [0.25, 0.3) is 0 Å². The molecule has 0 aliphatic carbocycles. The van der Waals surface area contributed by atoms with Gasteiger partial charge < -0.3 is 31.3 Å². The quantitative estimate of drug-likeness (QED) is 0.307. The number of nitrogens with one attached hydrogen (secondary N) is 2. The molecule has 0 radical (unpaired) electrons. The molecule has 0 saturated carbocycles. The van der Waals surface area contributed by atoms with E-state index in [4.69, 9.17) is 15.6 Å². The number of carbonyl (C=O) groups is 2. The molecule has 2 rings (SSSR count). The van der Waals surface area contributed by atoms with E-state index in [1.54, 1.807) is 0 Å². The summed E-state index contributed by atoms with van der Waals surface area (Å²) in [4.78, 5) is 38.3. The van der Waals surface area contributed by atoms with Crippen LogP contribution in [0.3, 0.4) is 0 Å². The molecule has 1 fully saturated rings. The number of aliphatic hydroxyl groups excluding tert-OH is 2. The molecule has 28 heavy (non-hydrogen) atoms. The van der Waals surface area contributed by atoms with E-state index in [2.05, 4.69) is 15.6 Å². The van der Waals surface area contributed by atoms with Gasteiger partial charge in [0.25, 0.3) is 0 Å². The number of anilines is 1. The zero-order valence-electron chi connectivity index (χ0n) is 14.7. The van der Waals surface area contributed by atoms with Gasteiger partial charge in [-0.2, -0.15) is 13.8 Å². The van der Waals surface area contributed by atoms with Crippen molar-refractivity contribution < 1.29 is 33.3 Å². The molecule has 2 heterocycles. The Morgan fingerprint density at radius 2 is 2.11 bits per heavy atom. The minimum Gasteiger partial charge on any atom is -0.394 e. The predicted molar refractivity (Wildman–Crippen MR) is 90.4 cm³/mol. The second-order valence-electron chi connectivity index (χ2n) is 6.04. The maximum Gasteiger partial charge on any atom is 0.351 e. The van der Waals surface area contributed by atoms with Crippen molar-refractivity contribution in [2.75, 3.05) is 25.0 Å². The van der Waals surface area contributed by atoms with Gasteiger partial charge in [-0.25, -0.2) is 4.79 Å². The molecule has 6 N–H and O–H groups in total. The van der Waals surface area contributed by atoms with Crippen molar-refractivity contribution in [3.63, 3.8) is 0 Å². The van der Waals surface area contributed by atoms with E-state index < -0.39 is 42.6 Å². The van der Waals surface area contributed by atoms with Crippen molar-refractivity contribution in [3.8, 4) is 0 Å². The number of hydrogen-bond acceptors (Lipinski definition) is 8. The van der Waals surface area contributed by atoms with E-state index in [0.29, 0.717) is 11.0 Å². The molecule has 11 nitrogen and oxygen atoms in total. The third kappa shape index (κ3) is 4.86. The number of nitrogens with two attached hydrogens (primary N) is 1. The number of alkyl halides is 2. The van der Waals surface area contributed by atoms with Gasteiger partial charge in [0.05, 0.1) is 13.2 Å². The monoisotopic (exact) mass is 405 g/mol. The summed E-state index contributed by atoms with van der Waals surface area (Å²) in [5, 5.41) is 23.3. The molecule has 1 saturated heterocycles. The van der Waals surface area contributed by atoms with Gasteiger partial charge in [0.15, 0.2) is 6.10 Å². The number of aromatic nitrogens is 2. The second-order valence-corrected chi connectivity index (χ2v) is 6.04. The van der Waals surface area contributed by atoms with Gasteiger partial charge in [-0.05, 0) is 12.5 Å². The average Bonchev–Trinajstić information content (AvgIpc) is 2.88. The maximum absolute atomic E-state index is 14.1. The van der Waals surface area contributed by atoms with Crippen molar-refractivity contribution in [2.45, 2.75) is 37.2 Å². The van der Waals surface area contributed by atoms with Crippen LogP contribution in [0.5, 0.6) is 0 Å². The number of amides is 2. The number of hydrogen-bond donors (Lipinski definition) is 5. The Balaban J connectivity index is 1.98. The number of carbonyl (C=O) groups excluding carboxylic acids is 2. The summed E-state index contributed by atoms with van der Waals surface area (Å²) in [5.41, 5.74) is 3.98. The van der Waals surface area contributed by atoms with E-state index in [1.807, 2.05) is 0 Å². The van der Waals surface area contributed by atoms with E-state index in [-0.39, 0.29) is 31.2 Å². The molecule has 3 atom stereocenters. The smallest absolute Gasteiger partial charge is 0.351 e. The fraction of sp³-hybridized carbons (Fsp3) is 0.600. The summed E-state index contributed by atoms with van der Waals surface area (Å²) in [7, 11) is 0. The standard InChI is InChI=1S/C15H21F2N5O6/c16-15(17)12(26)8(7-23)28-13(15)22-5-3-9(21-14(22)27)20-10(24)2-1-4-19-11(25)6-18/h3,5,8,12-13,23,26H,1-2,4,6-7,18H2,(H,19,25)(H,20,21,24,27)/t8-,12-,13-/m1/s1. The van der Waals surface area contributed by atoms with Crippen molar-refractivity contribution >= 4 is 17.6 Å². The van der Waals surface area contributed by atoms with Crippen molar-refractivity contribution in [2.24, 2.45) is 5.73 Å². The van der Waals surface area contributed by atoms with E-state index in [9.17, 15) is 28.3 Å². The Bertz CT molecular complexity index is 774. The highest BCUT2D eigenvalue weighted by atomic mass is 19.3. The molecule has 1 aromatic rings. The molecule has 1 aliphatic rings. The van der Waals surface area contributed by atoms with Gasteiger partial charge in [0.2, 0.25) is 18.0 Å². The predicted octanol–water partition coefficient (Wildman–Crippen LogP) is -2.08. The number of nitrogens with zero attached hydrogens (tertiary/aromatic N) is 2. The maximum atomic E-state index is 14.1. The molecule has 13 heteroatoms. The zero-order chi connectivity index (χ0) is 20.9. The highest BCUT2D eigenvalue weighted by Crippen LogP contribution is 2.41. The summed E-state index contributed by atoms with van der Waals surface area (Å²) >= 11 is 0. The summed E-state index contributed by atoms with van der Waals surface area (Å²) in [5.74, 6) is -4.83. The molecular weight excluding hydrogens is 384 g/mol. The summed E-state index contributed by atoms with van der Waals surface area (Å²) in [6, 6.07) is 1.12. The molecule has 1 aromatic heterocycles. The number of aliphatic hydroxyl groups is 2. The minimum atomic E-state index is -3.82. The van der Waals surface area contributed by atoms with Crippen LogP contribution in [0.2, 0.25) is 0 Å². The lowest BCUT2D eigenvalue weighted by Gasteiger charge is -2.21. The normalized spacial score (nSPS) is 23.4. The summed E-state index contributed by atoms with van der Waals surface area (Å²) in [6.45, 7) is -0.775. The molecule has 2 amide bonds. The van der Waals surface area contributed by atoms with Crippen LogP contribution in [0.4, 0.5) is 14.6 Å².